The highest BCUT2D eigenvalue weighted by atomic mass is 15.5. The molecule has 4 heteroatoms. The van der Waals surface area contributed by atoms with Crippen LogP contribution in [0, 0.1) is 0 Å². The van der Waals surface area contributed by atoms with E-state index in [1.807, 2.05) is 78.9 Å². The average molecular weight is 366 g/mol. The first-order valence-corrected chi connectivity index (χ1v) is 9.22. The van der Waals surface area contributed by atoms with E-state index in [0.29, 0.717) is 0 Å². The molecule has 0 unspecified atom stereocenters. The Balaban J connectivity index is 1.53. The zero-order valence-electron chi connectivity index (χ0n) is 15.4. The maximum atomic E-state index is 3.49. The largest absolute Gasteiger partial charge is 0.301 e. The van der Waals surface area contributed by atoms with Crippen molar-refractivity contribution in [2.75, 3.05) is 21.3 Å². The van der Waals surface area contributed by atoms with E-state index in [0.717, 1.165) is 28.4 Å². The Morgan fingerprint density at radius 3 is 1.39 bits per heavy atom. The Morgan fingerprint density at radius 2 is 0.821 bits per heavy atom. The summed E-state index contributed by atoms with van der Waals surface area (Å²) in [6, 6.07) is 38.7. The molecule has 0 heterocycles. The fourth-order valence-electron chi connectivity index (χ4n) is 2.86. The molecule has 0 saturated carbocycles. The Bertz CT molecular complexity index is 971. The summed E-state index contributed by atoms with van der Waals surface area (Å²) in [7, 11) is 0. The first-order valence-electron chi connectivity index (χ1n) is 9.22. The Labute approximate surface area is 165 Å². The van der Waals surface area contributed by atoms with Crippen LogP contribution in [0.15, 0.2) is 115 Å². The van der Waals surface area contributed by atoms with Gasteiger partial charge in [-0.25, -0.2) is 0 Å². The summed E-state index contributed by atoms with van der Waals surface area (Å²) < 4.78 is 0. The molecule has 0 aliphatic heterocycles. The van der Waals surface area contributed by atoms with E-state index in [9.17, 15) is 0 Å². The van der Waals surface area contributed by atoms with Crippen molar-refractivity contribution in [3.05, 3.63) is 115 Å². The minimum Gasteiger partial charge on any atom is -0.301 e. The Hall–Kier alpha value is -3.92. The molecule has 0 aliphatic rings. The number of nitrogens with one attached hydrogen (secondary N) is 3. The number of para-hydroxylation sites is 3. The molecule has 0 amide bonds. The first kappa shape index (κ1) is 17.5. The number of nitrogens with zero attached hydrogens (tertiary/aromatic N) is 1. The van der Waals surface area contributed by atoms with E-state index in [-0.39, 0.29) is 0 Å². The zero-order valence-corrected chi connectivity index (χ0v) is 15.4. The van der Waals surface area contributed by atoms with Gasteiger partial charge in [-0.15, -0.1) is 0 Å². The SMILES string of the molecule is c1ccc(NNc2ccc(N(Nc3ccccc3)c3ccccc3)cc2)cc1. The number of hydrogen-bond donors (Lipinski definition) is 3. The minimum atomic E-state index is 0.986. The van der Waals surface area contributed by atoms with Gasteiger partial charge in [0.15, 0.2) is 0 Å². The normalized spacial score (nSPS) is 10.1. The van der Waals surface area contributed by atoms with Gasteiger partial charge in [-0.3, -0.25) is 10.4 Å². The molecule has 3 N–H and O–H groups in total. The van der Waals surface area contributed by atoms with Crippen LogP contribution in [0.25, 0.3) is 0 Å². The molecular formula is C24H22N4. The van der Waals surface area contributed by atoms with Gasteiger partial charge >= 0.3 is 0 Å². The second-order valence-electron chi connectivity index (χ2n) is 6.31. The van der Waals surface area contributed by atoms with Crippen molar-refractivity contribution in [3.63, 3.8) is 0 Å². The molecule has 138 valence electrons. The molecule has 0 aromatic heterocycles. The van der Waals surface area contributed by atoms with Gasteiger partial charge in [-0.2, -0.15) is 0 Å². The van der Waals surface area contributed by atoms with Crippen LogP contribution >= 0.6 is 0 Å². The van der Waals surface area contributed by atoms with Crippen molar-refractivity contribution >= 4 is 28.4 Å². The molecule has 0 bridgehead atoms. The van der Waals surface area contributed by atoms with Crippen LogP contribution in [0.5, 0.6) is 0 Å². The van der Waals surface area contributed by atoms with E-state index >= 15 is 0 Å². The van der Waals surface area contributed by atoms with Crippen LogP contribution in [-0.2, 0) is 0 Å². The highest BCUT2D eigenvalue weighted by molar-refractivity contribution is 5.70. The second kappa shape index (κ2) is 8.64. The maximum Gasteiger partial charge on any atom is 0.0632 e. The van der Waals surface area contributed by atoms with Crippen molar-refractivity contribution in [3.8, 4) is 0 Å². The molecule has 0 saturated heterocycles. The fraction of sp³-hybridized carbons (Fsp3) is 0. The summed E-state index contributed by atoms with van der Waals surface area (Å²) >= 11 is 0. The van der Waals surface area contributed by atoms with E-state index in [2.05, 4.69) is 57.7 Å². The van der Waals surface area contributed by atoms with Gasteiger partial charge in [-0.1, -0.05) is 54.6 Å². The van der Waals surface area contributed by atoms with Gasteiger partial charge < -0.3 is 10.9 Å². The molecule has 0 radical (unpaired) electrons. The topological polar surface area (TPSA) is 39.3 Å². The Kier molecular flexibility index (Phi) is 5.40. The number of benzene rings is 4. The van der Waals surface area contributed by atoms with E-state index in [4.69, 9.17) is 0 Å². The fourth-order valence-corrected chi connectivity index (χ4v) is 2.86. The van der Waals surface area contributed by atoms with E-state index in [1.54, 1.807) is 0 Å². The smallest absolute Gasteiger partial charge is 0.0632 e. The molecule has 0 aliphatic carbocycles. The third-order valence-electron chi connectivity index (χ3n) is 4.28. The van der Waals surface area contributed by atoms with Crippen LogP contribution < -0.4 is 21.3 Å². The number of hydrazine groups is 2. The van der Waals surface area contributed by atoms with E-state index < -0.39 is 0 Å². The lowest BCUT2D eigenvalue weighted by molar-refractivity contribution is 1.16. The highest BCUT2D eigenvalue weighted by Gasteiger charge is 2.09. The van der Waals surface area contributed by atoms with Gasteiger partial charge in [0.1, 0.15) is 0 Å². The van der Waals surface area contributed by atoms with Crippen molar-refractivity contribution in [1.82, 2.24) is 0 Å². The van der Waals surface area contributed by atoms with Gasteiger partial charge in [0.05, 0.1) is 28.4 Å². The molecule has 4 rings (SSSR count). The van der Waals surface area contributed by atoms with Crippen LogP contribution in [0.4, 0.5) is 28.4 Å². The second-order valence-corrected chi connectivity index (χ2v) is 6.31. The number of rotatable bonds is 7. The predicted octanol–water partition coefficient (Wildman–Crippen LogP) is 6.29. The molecule has 4 nitrogen and oxygen atoms in total. The lowest BCUT2D eigenvalue weighted by Crippen LogP contribution is -2.24. The van der Waals surface area contributed by atoms with Crippen molar-refractivity contribution in [1.29, 1.82) is 0 Å². The van der Waals surface area contributed by atoms with Crippen molar-refractivity contribution in [2.24, 2.45) is 0 Å². The van der Waals surface area contributed by atoms with Crippen molar-refractivity contribution in [2.45, 2.75) is 0 Å². The van der Waals surface area contributed by atoms with Crippen molar-refractivity contribution < 1.29 is 0 Å². The van der Waals surface area contributed by atoms with Crippen LogP contribution in [0.3, 0.4) is 0 Å². The predicted molar refractivity (Wildman–Crippen MR) is 119 cm³/mol. The monoisotopic (exact) mass is 366 g/mol. The molecular weight excluding hydrogens is 344 g/mol. The lowest BCUT2D eigenvalue weighted by atomic mass is 10.2. The number of anilines is 5. The summed E-state index contributed by atoms with van der Waals surface area (Å²) in [5, 5.41) is 2.07. The lowest BCUT2D eigenvalue weighted by Gasteiger charge is -2.27. The summed E-state index contributed by atoms with van der Waals surface area (Å²) in [6.07, 6.45) is 0. The molecule has 0 atom stereocenters. The zero-order chi connectivity index (χ0) is 19.0. The molecule has 0 spiro atoms. The quantitative estimate of drug-likeness (QED) is 0.336. The van der Waals surface area contributed by atoms with Gasteiger partial charge in [-0.05, 0) is 60.7 Å². The third-order valence-corrected chi connectivity index (χ3v) is 4.28. The van der Waals surface area contributed by atoms with Crippen LogP contribution in [0.1, 0.15) is 0 Å². The minimum absolute atomic E-state index is 0.986. The highest BCUT2D eigenvalue weighted by Crippen LogP contribution is 2.27. The standard InChI is InChI=1S/C24H22N4/c1-4-10-20(11-5-1)25-26-21-16-18-24(19-17-21)28(23-14-8-3-9-15-23)27-22-12-6-2-7-13-22/h1-19,25-27H. The van der Waals surface area contributed by atoms with Gasteiger partial charge in [0.25, 0.3) is 0 Å². The Morgan fingerprint density at radius 1 is 0.393 bits per heavy atom. The van der Waals surface area contributed by atoms with Crippen LogP contribution in [-0.4, -0.2) is 0 Å². The summed E-state index contributed by atoms with van der Waals surface area (Å²) in [6.45, 7) is 0. The summed E-state index contributed by atoms with van der Waals surface area (Å²) in [5.41, 5.74) is 15.1. The van der Waals surface area contributed by atoms with Gasteiger partial charge in [0.2, 0.25) is 0 Å². The van der Waals surface area contributed by atoms with Gasteiger partial charge in [0, 0.05) is 0 Å². The first-order chi connectivity index (χ1) is 13.9. The maximum absolute atomic E-state index is 3.49. The third kappa shape index (κ3) is 4.43. The summed E-state index contributed by atoms with van der Waals surface area (Å²) in [4.78, 5) is 0. The van der Waals surface area contributed by atoms with E-state index in [1.165, 1.54) is 0 Å². The molecule has 4 aromatic rings. The van der Waals surface area contributed by atoms with Crippen LogP contribution in [0.2, 0.25) is 0 Å². The number of hydrogen-bond acceptors (Lipinski definition) is 4. The molecule has 4 aromatic carbocycles. The molecule has 0 fully saturated rings. The molecule has 28 heavy (non-hydrogen) atoms. The summed E-state index contributed by atoms with van der Waals surface area (Å²) in [5.74, 6) is 0. The average Bonchev–Trinajstić information content (AvgIpc) is 2.78.